The maximum absolute atomic E-state index is 12.1. The van der Waals surface area contributed by atoms with Gasteiger partial charge in [-0.05, 0) is 31.2 Å². The number of aromatic nitrogens is 1. The highest BCUT2D eigenvalue weighted by Gasteiger charge is 2.30. The molecule has 28 heavy (non-hydrogen) atoms. The number of hydrogen-bond acceptors (Lipinski definition) is 4. The van der Waals surface area contributed by atoms with Gasteiger partial charge in [-0.1, -0.05) is 29.8 Å². The number of hydrogen-bond donors (Lipinski definition) is 2. The number of alkyl halides is 3. The van der Waals surface area contributed by atoms with E-state index in [0.717, 1.165) is 11.1 Å². The Balaban J connectivity index is 1.58. The molecule has 1 heterocycles. The third kappa shape index (κ3) is 5.50. The molecule has 3 rings (SSSR count). The third-order valence-corrected chi connectivity index (χ3v) is 3.63. The van der Waals surface area contributed by atoms with Crippen molar-refractivity contribution in [3.05, 3.63) is 66.2 Å². The molecule has 0 aliphatic heterocycles. The van der Waals surface area contributed by atoms with Crippen molar-refractivity contribution in [1.29, 1.82) is 0 Å². The minimum absolute atomic E-state index is 0.0691. The molecule has 0 saturated carbocycles. The average molecular weight is 390 g/mol. The lowest BCUT2D eigenvalue weighted by atomic mass is 10.1. The van der Waals surface area contributed by atoms with E-state index in [1.165, 1.54) is 24.3 Å². The fourth-order valence-electron chi connectivity index (χ4n) is 2.31. The summed E-state index contributed by atoms with van der Waals surface area (Å²) in [6.45, 7) is 2.11. The first kappa shape index (κ1) is 19.3. The van der Waals surface area contributed by atoms with Crippen LogP contribution in [0, 0.1) is 6.92 Å². The molecule has 9 heteroatoms. The number of halogens is 3. The van der Waals surface area contributed by atoms with Crippen molar-refractivity contribution >= 4 is 11.6 Å². The van der Waals surface area contributed by atoms with Gasteiger partial charge in [0.25, 0.3) is 0 Å². The van der Waals surface area contributed by atoms with Gasteiger partial charge in [-0.3, -0.25) is 0 Å². The van der Waals surface area contributed by atoms with Crippen molar-refractivity contribution in [2.75, 3.05) is 5.32 Å². The Labute approximate surface area is 158 Å². The number of rotatable bonds is 5. The molecule has 3 N–H and O–H groups in total. The number of guanidine groups is 1. The van der Waals surface area contributed by atoms with Gasteiger partial charge in [0.05, 0.1) is 6.20 Å². The molecule has 0 bridgehead atoms. The first-order valence-corrected chi connectivity index (χ1v) is 8.23. The highest BCUT2D eigenvalue weighted by atomic mass is 19.4. The number of ether oxygens (including phenoxy) is 1. The van der Waals surface area contributed by atoms with Crippen molar-refractivity contribution in [3.63, 3.8) is 0 Å². The molecule has 0 unspecified atom stereocenters. The van der Waals surface area contributed by atoms with Crippen LogP contribution in [0.15, 0.2) is 64.1 Å². The molecule has 0 atom stereocenters. The summed E-state index contributed by atoms with van der Waals surface area (Å²) in [5.74, 6) is 0.753. The van der Waals surface area contributed by atoms with Gasteiger partial charge in [-0.15, -0.1) is 13.2 Å². The Morgan fingerprint density at radius 1 is 1.14 bits per heavy atom. The van der Waals surface area contributed by atoms with Gasteiger partial charge in [0, 0.05) is 11.3 Å². The lowest BCUT2D eigenvalue weighted by molar-refractivity contribution is -0.274. The summed E-state index contributed by atoms with van der Waals surface area (Å²) in [7, 11) is 0. The Kier molecular flexibility index (Phi) is 5.53. The normalized spacial score (nSPS) is 12.1. The minimum Gasteiger partial charge on any atom is -0.439 e. The van der Waals surface area contributed by atoms with E-state index in [4.69, 9.17) is 10.2 Å². The lowest BCUT2D eigenvalue weighted by Gasteiger charge is -2.10. The second-order valence-corrected chi connectivity index (χ2v) is 5.88. The molecule has 0 saturated heterocycles. The van der Waals surface area contributed by atoms with Gasteiger partial charge in [-0.25, -0.2) is 9.98 Å². The number of nitrogens with zero attached hydrogens (tertiary/aromatic N) is 2. The van der Waals surface area contributed by atoms with E-state index in [2.05, 4.69) is 20.0 Å². The van der Waals surface area contributed by atoms with E-state index in [-0.39, 0.29) is 18.3 Å². The zero-order chi connectivity index (χ0) is 20.1. The molecule has 0 spiro atoms. The number of nitrogens with one attached hydrogen (secondary N) is 1. The number of aryl methyl sites for hydroxylation is 1. The smallest absolute Gasteiger partial charge is 0.439 e. The monoisotopic (exact) mass is 390 g/mol. The highest BCUT2D eigenvalue weighted by molar-refractivity contribution is 5.92. The number of nitrogens with two attached hydrogens (primary N) is 1. The summed E-state index contributed by atoms with van der Waals surface area (Å²) >= 11 is 0. The first-order chi connectivity index (χ1) is 13.3. The molecular formula is C19H17F3N4O2. The maximum Gasteiger partial charge on any atom is 0.573 e. The topological polar surface area (TPSA) is 85.7 Å². The summed E-state index contributed by atoms with van der Waals surface area (Å²) in [6.07, 6.45) is -3.12. The summed E-state index contributed by atoms with van der Waals surface area (Å²) in [5, 5.41) is 2.77. The predicted octanol–water partition coefficient (Wildman–Crippen LogP) is 4.48. The Hall–Kier alpha value is -3.49. The number of anilines is 1. The summed E-state index contributed by atoms with van der Waals surface area (Å²) < 4.78 is 45.9. The fraction of sp³-hybridized carbons (Fsp3) is 0.158. The van der Waals surface area contributed by atoms with E-state index < -0.39 is 6.36 Å². The molecule has 2 aromatic carbocycles. The Morgan fingerprint density at radius 2 is 1.82 bits per heavy atom. The zero-order valence-electron chi connectivity index (χ0n) is 14.8. The molecule has 6 nitrogen and oxygen atoms in total. The van der Waals surface area contributed by atoms with Gasteiger partial charge >= 0.3 is 6.36 Å². The van der Waals surface area contributed by atoms with Crippen LogP contribution in [-0.4, -0.2) is 17.3 Å². The van der Waals surface area contributed by atoms with Crippen LogP contribution >= 0.6 is 0 Å². The van der Waals surface area contributed by atoms with E-state index >= 15 is 0 Å². The van der Waals surface area contributed by atoms with Gasteiger partial charge in [0.15, 0.2) is 11.7 Å². The molecule has 0 aliphatic rings. The molecular weight excluding hydrogens is 373 g/mol. The van der Waals surface area contributed by atoms with Crippen LogP contribution in [0.4, 0.5) is 18.9 Å². The molecule has 0 aliphatic carbocycles. The highest BCUT2D eigenvalue weighted by Crippen LogP contribution is 2.24. The largest absolute Gasteiger partial charge is 0.573 e. The van der Waals surface area contributed by atoms with E-state index in [9.17, 15) is 13.2 Å². The fourth-order valence-corrected chi connectivity index (χ4v) is 2.31. The van der Waals surface area contributed by atoms with E-state index in [1.54, 1.807) is 6.20 Å². The number of oxazole rings is 1. The van der Waals surface area contributed by atoms with Crippen LogP contribution in [0.1, 0.15) is 11.5 Å². The van der Waals surface area contributed by atoms with Crippen molar-refractivity contribution in [2.45, 2.75) is 19.8 Å². The average Bonchev–Trinajstić information content (AvgIpc) is 3.10. The standard InChI is InChI=1S/C19H17F3N4O2/c1-12-2-4-13(5-3-12)16-10-24-17(27-16)11-25-18(23)26-14-6-8-15(9-7-14)28-19(20,21)22/h2-10H,11H2,1H3,(H3,23,25,26). The molecule has 146 valence electrons. The van der Waals surface area contributed by atoms with Crippen molar-refractivity contribution in [2.24, 2.45) is 10.7 Å². The van der Waals surface area contributed by atoms with Gasteiger partial charge in [-0.2, -0.15) is 0 Å². The lowest BCUT2D eigenvalue weighted by Crippen LogP contribution is -2.22. The Morgan fingerprint density at radius 3 is 2.46 bits per heavy atom. The van der Waals surface area contributed by atoms with Crippen LogP contribution in [0.5, 0.6) is 5.75 Å². The molecule has 0 radical (unpaired) electrons. The van der Waals surface area contributed by atoms with Crippen molar-refractivity contribution in [1.82, 2.24) is 4.98 Å². The van der Waals surface area contributed by atoms with Crippen LogP contribution in [0.2, 0.25) is 0 Å². The molecule has 0 amide bonds. The van der Waals surface area contributed by atoms with Crippen LogP contribution in [0.3, 0.4) is 0 Å². The van der Waals surface area contributed by atoms with Crippen molar-refractivity contribution in [3.8, 4) is 17.1 Å². The zero-order valence-corrected chi connectivity index (χ0v) is 14.8. The molecule has 1 aromatic heterocycles. The molecule has 0 fully saturated rings. The number of aliphatic imine (C=N–C) groups is 1. The summed E-state index contributed by atoms with van der Waals surface area (Å²) in [6, 6.07) is 12.9. The second-order valence-electron chi connectivity index (χ2n) is 5.88. The van der Waals surface area contributed by atoms with E-state index in [1.807, 2.05) is 31.2 Å². The maximum atomic E-state index is 12.1. The minimum atomic E-state index is -4.73. The van der Waals surface area contributed by atoms with Gasteiger partial charge in [0.2, 0.25) is 5.89 Å². The van der Waals surface area contributed by atoms with Crippen LogP contribution in [0.25, 0.3) is 11.3 Å². The quantitative estimate of drug-likeness (QED) is 0.496. The Bertz CT molecular complexity index is 949. The second kappa shape index (κ2) is 8.03. The van der Waals surface area contributed by atoms with Crippen LogP contribution < -0.4 is 15.8 Å². The SMILES string of the molecule is Cc1ccc(-c2cnc(CN=C(N)Nc3ccc(OC(F)(F)F)cc3)o2)cc1. The predicted molar refractivity (Wildman–Crippen MR) is 98.8 cm³/mol. The van der Waals surface area contributed by atoms with Crippen LogP contribution in [-0.2, 0) is 6.54 Å². The summed E-state index contributed by atoms with van der Waals surface area (Å²) in [4.78, 5) is 8.27. The first-order valence-electron chi connectivity index (χ1n) is 8.23. The summed E-state index contributed by atoms with van der Waals surface area (Å²) in [5.41, 5.74) is 8.29. The third-order valence-electron chi connectivity index (χ3n) is 3.63. The molecule has 3 aromatic rings. The van der Waals surface area contributed by atoms with Crippen molar-refractivity contribution < 1.29 is 22.3 Å². The van der Waals surface area contributed by atoms with E-state index in [0.29, 0.717) is 17.3 Å². The van der Waals surface area contributed by atoms with Gasteiger partial charge in [0.1, 0.15) is 12.3 Å². The van der Waals surface area contributed by atoms with Gasteiger partial charge < -0.3 is 20.2 Å². The number of benzene rings is 2.